The van der Waals surface area contributed by atoms with Crippen LogP contribution in [0.1, 0.15) is 32.9 Å². The van der Waals surface area contributed by atoms with Crippen LogP contribution in [-0.4, -0.2) is 42.5 Å². The fraction of sp³-hybridized carbons (Fsp3) is 0.192. The van der Waals surface area contributed by atoms with Crippen molar-refractivity contribution in [3.63, 3.8) is 0 Å². The second-order valence-corrected chi connectivity index (χ2v) is 10.3. The zero-order valence-electron chi connectivity index (χ0n) is 19.5. The molecule has 3 aromatic carbocycles. The minimum absolute atomic E-state index is 0.0350. The van der Waals surface area contributed by atoms with E-state index in [0.717, 1.165) is 16.9 Å². The van der Waals surface area contributed by atoms with Crippen molar-refractivity contribution in [2.24, 2.45) is 0 Å². The van der Waals surface area contributed by atoms with E-state index in [-0.39, 0.29) is 16.5 Å². The molecule has 0 fully saturated rings. The van der Waals surface area contributed by atoms with Crippen molar-refractivity contribution in [1.29, 1.82) is 0 Å². The Hall–Kier alpha value is -4.02. The van der Waals surface area contributed by atoms with Gasteiger partial charge in [0.1, 0.15) is 5.75 Å². The van der Waals surface area contributed by atoms with E-state index in [1.807, 2.05) is 48.5 Å². The molecule has 0 saturated carbocycles. The highest BCUT2D eigenvalue weighted by Crippen LogP contribution is 2.25. The lowest BCUT2D eigenvalue weighted by molar-refractivity contribution is 0.102. The number of ether oxygens (including phenoxy) is 1. The molecule has 1 N–H and O–H groups in total. The average molecular weight is 505 g/mol. The molecule has 0 aliphatic carbocycles. The van der Waals surface area contributed by atoms with Crippen LogP contribution in [0.3, 0.4) is 0 Å². The molecule has 0 radical (unpaired) electrons. The van der Waals surface area contributed by atoms with Gasteiger partial charge in [-0.3, -0.25) is 10.1 Å². The van der Waals surface area contributed by atoms with E-state index < -0.39 is 15.9 Å². The van der Waals surface area contributed by atoms with Crippen molar-refractivity contribution >= 4 is 21.9 Å². The van der Waals surface area contributed by atoms with Crippen LogP contribution >= 0.6 is 0 Å². The van der Waals surface area contributed by atoms with Gasteiger partial charge in [0.2, 0.25) is 15.9 Å². The minimum atomic E-state index is -3.68. The van der Waals surface area contributed by atoms with Gasteiger partial charge in [0.05, 0.1) is 18.4 Å². The van der Waals surface area contributed by atoms with E-state index in [0.29, 0.717) is 31.8 Å². The lowest BCUT2D eigenvalue weighted by Crippen LogP contribution is -2.35. The average Bonchev–Trinajstić information content (AvgIpc) is 3.35. The summed E-state index contributed by atoms with van der Waals surface area (Å²) in [6, 6.07) is 21.1. The summed E-state index contributed by atoms with van der Waals surface area (Å²) in [4.78, 5) is 12.8. The second-order valence-electron chi connectivity index (χ2n) is 8.36. The number of nitrogens with one attached hydrogen (secondary N) is 1. The molecule has 0 saturated heterocycles. The van der Waals surface area contributed by atoms with Gasteiger partial charge in [-0.25, -0.2) is 8.42 Å². The molecular weight excluding hydrogens is 480 g/mol. The fourth-order valence-electron chi connectivity index (χ4n) is 4.07. The number of carbonyl (C=O) groups is 1. The highest BCUT2D eigenvalue weighted by molar-refractivity contribution is 7.89. The first-order valence-electron chi connectivity index (χ1n) is 11.4. The van der Waals surface area contributed by atoms with Crippen molar-refractivity contribution in [3.05, 3.63) is 101 Å². The molecule has 9 nitrogen and oxygen atoms in total. The van der Waals surface area contributed by atoms with E-state index >= 15 is 0 Å². The summed E-state index contributed by atoms with van der Waals surface area (Å²) in [5.41, 5.74) is 3.40. The SMILES string of the molecule is COc1ccc(Cc2nnc(NC(=O)c3ccc(S(=O)(=O)N4CCc5ccccc5C4)cc3)o2)cc1. The van der Waals surface area contributed by atoms with Gasteiger partial charge in [0.25, 0.3) is 5.91 Å². The van der Waals surface area contributed by atoms with Crippen LogP contribution in [0.5, 0.6) is 5.75 Å². The number of hydrogen-bond donors (Lipinski definition) is 1. The highest BCUT2D eigenvalue weighted by atomic mass is 32.2. The normalized spacial score (nSPS) is 13.7. The summed E-state index contributed by atoms with van der Waals surface area (Å²) in [5.74, 6) is 0.614. The van der Waals surface area contributed by atoms with Gasteiger partial charge in [0.15, 0.2) is 0 Å². The number of aromatic nitrogens is 2. The quantitative estimate of drug-likeness (QED) is 0.408. The molecule has 2 heterocycles. The Morgan fingerprint density at radius 1 is 1.00 bits per heavy atom. The largest absolute Gasteiger partial charge is 0.497 e. The third kappa shape index (κ3) is 5.00. The minimum Gasteiger partial charge on any atom is -0.497 e. The summed E-state index contributed by atoms with van der Waals surface area (Å²) in [7, 11) is -2.08. The van der Waals surface area contributed by atoms with Crippen LogP contribution in [0.4, 0.5) is 6.01 Å². The molecule has 1 aromatic heterocycles. The molecule has 1 amide bonds. The lowest BCUT2D eigenvalue weighted by atomic mass is 10.0. The fourth-order valence-corrected chi connectivity index (χ4v) is 5.48. The summed E-state index contributed by atoms with van der Waals surface area (Å²) in [6.07, 6.45) is 1.07. The Labute approximate surface area is 208 Å². The molecule has 184 valence electrons. The van der Waals surface area contributed by atoms with Crippen molar-refractivity contribution in [2.45, 2.75) is 24.3 Å². The maximum Gasteiger partial charge on any atom is 0.322 e. The molecule has 10 heteroatoms. The van der Waals surface area contributed by atoms with Crippen LogP contribution < -0.4 is 10.1 Å². The van der Waals surface area contributed by atoms with Crippen LogP contribution in [-0.2, 0) is 29.4 Å². The topological polar surface area (TPSA) is 115 Å². The molecule has 5 rings (SSSR count). The number of carbonyl (C=O) groups excluding carboxylic acids is 1. The number of sulfonamides is 1. The van der Waals surface area contributed by atoms with E-state index in [2.05, 4.69) is 15.5 Å². The molecule has 36 heavy (non-hydrogen) atoms. The summed E-state index contributed by atoms with van der Waals surface area (Å²) in [6.45, 7) is 0.744. The standard InChI is InChI=1S/C26H24N4O5S/c1-34-22-10-6-18(7-11-22)16-24-28-29-26(35-24)27-25(31)20-8-12-23(13-9-20)36(32,33)30-15-14-19-4-2-3-5-21(19)17-30/h2-13H,14-17H2,1H3,(H,27,29,31). The van der Waals surface area contributed by atoms with E-state index in [1.165, 1.54) is 34.1 Å². The van der Waals surface area contributed by atoms with Crippen LogP contribution in [0.15, 0.2) is 82.1 Å². The zero-order chi connectivity index (χ0) is 25.1. The molecule has 0 spiro atoms. The number of anilines is 1. The van der Waals surface area contributed by atoms with Crippen LogP contribution in [0, 0.1) is 0 Å². The number of benzene rings is 3. The Morgan fingerprint density at radius 2 is 1.72 bits per heavy atom. The predicted molar refractivity (Wildman–Crippen MR) is 132 cm³/mol. The first-order valence-corrected chi connectivity index (χ1v) is 12.8. The molecule has 1 aliphatic heterocycles. The summed E-state index contributed by atoms with van der Waals surface area (Å²) < 4.78 is 38.4. The Morgan fingerprint density at radius 3 is 2.44 bits per heavy atom. The Kier molecular flexibility index (Phi) is 6.53. The van der Waals surface area contributed by atoms with Crippen LogP contribution in [0.25, 0.3) is 0 Å². The molecule has 0 bridgehead atoms. The van der Waals surface area contributed by atoms with Gasteiger partial charge in [-0.2, -0.15) is 4.31 Å². The second kappa shape index (κ2) is 9.92. The molecule has 0 atom stereocenters. The van der Waals surface area contributed by atoms with Gasteiger partial charge in [-0.15, -0.1) is 5.10 Å². The zero-order valence-corrected chi connectivity index (χ0v) is 20.4. The number of rotatable bonds is 7. The Bertz CT molecular complexity index is 1480. The van der Waals surface area contributed by atoms with Crippen molar-refractivity contribution in [2.75, 3.05) is 19.0 Å². The third-order valence-electron chi connectivity index (χ3n) is 6.05. The van der Waals surface area contributed by atoms with Gasteiger partial charge in [-0.05, 0) is 59.5 Å². The highest BCUT2D eigenvalue weighted by Gasteiger charge is 2.28. The number of nitrogens with zero attached hydrogens (tertiary/aromatic N) is 3. The number of hydrogen-bond acceptors (Lipinski definition) is 7. The maximum atomic E-state index is 13.1. The van der Waals surface area contributed by atoms with Gasteiger partial charge < -0.3 is 9.15 Å². The van der Waals surface area contributed by atoms with Crippen molar-refractivity contribution in [3.8, 4) is 5.75 Å². The number of methoxy groups -OCH3 is 1. The molecular formula is C26H24N4O5S. The number of fused-ring (bicyclic) bond motifs is 1. The van der Waals surface area contributed by atoms with Crippen molar-refractivity contribution in [1.82, 2.24) is 14.5 Å². The van der Waals surface area contributed by atoms with Gasteiger partial charge >= 0.3 is 6.01 Å². The molecule has 4 aromatic rings. The summed E-state index contributed by atoms with van der Waals surface area (Å²) in [5, 5.41) is 10.4. The van der Waals surface area contributed by atoms with Crippen LogP contribution in [0.2, 0.25) is 0 Å². The Balaban J connectivity index is 1.22. The first-order chi connectivity index (χ1) is 17.4. The molecule has 1 aliphatic rings. The van der Waals surface area contributed by atoms with E-state index in [1.54, 1.807) is 7.11 Å². The number of amides is 1. The smallest absolute Gasteiger partial charge is 0.322 e. The lowest BCUT2D eigenvalue weighted by Gasteiger charge is -2.28. The van der Waals surface area contributed by atoms with Crippen molar-refractivity contribution < 1.29 is 22.4 Å². The van der Waals surface area contributed by atoms with E-state index in [4.69, 9.17) is 9.15 Å². The van der Waals surface area contributed by atoms with Gasteiger partial charge in [-0.1, -0.05) is 41.5 Å². The van der Waals surface area contributed by atoms with E-state index in [9.17, 15) is 13.2 Å². The summed E-state index contributed by atoms with van der Waals surface area (Å²) >= 11 is 0. The third-order valence-corrected chi connectivity index (χ3v) is 7.91. The van der Waals surface area contributed by atoms with Gasteiger partial charge in [0, 0.05) is 18.7 Å². The molecule has 0 unspecified atom stereocenters. The monoisotopic (exact) mass is 504 g/mol. The maximum absolute atomic E-state index is 13.1. The first kappa shape index (κ1) is 23.7. The predicted octanol–water partition coefficient (Wildman–Crippen LogP) is 3.67.